The van der Waals surface area contributed by atoms with Crippen molar-refractivity contribution in [3.05, 3.63) is 35.1 Å². The van der Waals surface area contributed by atoms with Crippen LogP contribution in [-0.4, -0.2) is 76.6 Å². The first-order valence-electron chi connectivity index (χ1n) is 11.8. The number of aliphatic hydroxyl groups excluding tert-OH is 1. The van der Waals surface area contributed by atoms with Gasteiger partial charge in [0.1, 0.15) is 11.4 Å². The van der Waals surface area contributed by atoms with Gasteiger partial charge in [-0.25, -0.2) is 9.18 Å². The molecular weight excluding hydrogens is 399 g/mol. The molecule has 1 aliphatic carbocycles. The molecule has 4 aliphatic rings. The molecule has 4 fully saturated rings. The van der Waals surface area contributed by atoms with Gasteiger partial charge >= 0.3 is 6.09 Å². The van der Waals surface area contributed by atoms with Crippen LogP contribution in [0.15, 0.2) is 18.2 Å². The van der Waals surface area contributed by atoms with E-state index >= 15 is 0 Å². The Morgan fingerprint density at radius 1 is 1.03 bits per heavy atom. The molecule has 1 spiro atoms. The molecule has 7 heteroatoms. The number of nitrogens with zero attached hydrogens (tertiary/aromatic N) is 2. The number of carboxylic acid groups (broad SMARTS) is 1. The minimum absolute atomic E-state index is 0.156. The standard InChI is InChI=1S/C24H33FN2O4/c25-18-3-6-21(16-1-4-20(28)5-2-16)22(11-18)17-7-9-26(10-8-17)19-12-24(31-13-19)14-27(15-24)23(29)30/h3,6,11,16-17,19-20,28H,1-2,4-5,7-10,12-15H2,(H,29,30)/t16?,19-,20?/m0/s1. The molecule has 0 bridgehead atoms. The number of piperidine rings is 1. The number of aliphatic hydroxyl groups is 1. The van der Waals surface area contributed by atoms with Crippen molar-refractivity contribution in [1.82, 2.24) is 9.80 Å². The van der Waals surface area contributed by atoms with Crippen molar-refractivity contribution < 1.29 is 24.1 Å². The summed E-state index contributed by atoms with van der Waals surface area (Å²) < 4.78 is 20.2. The Labute approximate surface area is 183 Å². The van der Waals surface area contributed by atoms with Crippen molar-refractivity contribution in [1.29, 1.82) is 0 Å². The average Bonchev–Trinajstić information content (AvgIpc) is 3.19. The Morgan fingerprint density at radius 2 is 1.71 bits per heavy atom. The van der Waals surface area contributed by atoms with Crippen LogP contribution < -0.4 is 0 Å². The Kier molecular flexibility index (Phi) is 5.69. The fourth-order valence-electron chi connectivity index (χ4n) is 6.29. The van der Waals surface area contributed by atoms with E-state index < -0.39 is 6.09 Å². The Bertz CT molecular complexity index is 812. The molecule has 0 unspecified atom stereocenters. The van der Waals surface area contributed by atoms with E-state index in [9.17, 15) is 14.3 Å². The van der Waals surface area contributed by atoms with Gasteiger partial charge in [-0.15, -0.1) is 0 Å². The number of likely N-dealkylation sites (tertiary alicyclic amines) is 2. The first-order chi connectivity index (χ1) is 14.9. The van der Waals surface area contributed by atoms with Gasteiger partial charge in [-0.3, -0.25) is 4.90 Å². The lowest BCUT2D eigenvalue weighted by atomic mass is 9.76. The van der Waals surface area contributed by atoms with Crippen molar-refractivity contribution >= 4 is 6.09 Å². The van der Waals surface area contributed by atoms with Gasteiger partial charge in [-0.2, -0.15) is 0 Å². The molecule has 0 radical (unpaired) electrons. The quantitative estimate of drug-likeness (QED) is 0.764. The monoisotopic (exact) mass is 432 g/mol. The van der Waals surface area contributed by atoms with Crippen LogP contribution in [0.4, 0.5) is 9.18 Å². The normalized spacial score (nSPS) is 31.7. The molecule has 3 heterocycles. The molecule has 170 valence electrons. The molecule has 3 saturated heterocycles. The molecule has 6 nitrogen and oxygen atoms in total. The Balaban J connectivity index is 1.20. The summed E-state index contributed by atoms with van der Waals surface area (Å²) in [5.41, 5.74) is 2.19. The average molecular weight is 433 g/mol. The molecule has 2 N–H and O–H groups in total. The number of benzene rings is 1. The summed E-state index contributed by atoms with van der Waals surface area (Å²) in [4.78, 5) is 15.0. The molecule has 0 aromatic heterocycles. The summed E-state index contributed by atoms with van der Waals surface area (Å²) in [6.07, 6.45) is 5.51. The zero-order valence-corrected chi connectivity index (χ0v) is 18.0. The third-order valence-corrected chi connectivity index (χ3v) is 8.09. The van der Waals surface area contributed by atoms with Gasteiger partial charge in [0.05, 0.1) is 25.8 Å². The van der Waals surface area contributed by atoms with E-state index in [4.69, 9.17) is 9.84 Å². The molecule has 1 atom stereocenters. The maximum atomic E-state index is 14.2. The third kappa shape index (κ3) is 4.20. The number of rotatable bonds is 3. The summed E-state index contributed by atoms with van der Waals surface area (Å²) in [5, 5.41) is 19.0. The highest BCUT2D eigenvalue weighted by molar-refractivity contribution is 5.66. The molecule has 1 aromatic carbocycles. The zero-order valence-electron chi connectivity index (χ0n) is 18.0. The van der Waals surface area contributed by atoms with Crippen molar-refractivity contribution in [2.75, 3.05) is 32.8 Å². The van der Waals surface area contributed by atoms with Gasteiger partial charge in [-0.05, 0) is 93.1 Å². The smallest absolute Gasteiger partial charge is 0.407 e. The first-order valence-corrected chi connectivity index (χ1v) is 11.8. The number of carbonyl (C=O) groups is 1. The minimum atomic E-state index is -0.864. The van der Waals surface area contributed by atoms with Gasteiger partial charge in [-0.1, -0.05) is 6.07 Å². The van der Waals surface area contributed by atoms with Crippen LogP contribution in [-0.2, 0) is 4.74 Å². The molecule has 3 aliphatic heterocycles. The summed E-state index contributed by atoms with van der Waals surface area (Å²) in [5.74, 6) is 0.642. The summed E-state index contributed by atoms with van der Waals surface area (Å²) >= 11 is 0. The van der Waals surface area contributed by atoms with Crippen molar-refractivity contribution in [3.8, 4) is 0 Å². The molecule has 1 saturated carbocycles. The van der Waals surface area contributed by atoms with Crippen molar-refractivity contribution in [3.63, 3.8) is 0 Å². The number of halogens is 1. The highest BCUT2D eigenvalue weighted by Gasteiger charge is 2.52. The van der Waals surface area contributed by atoms with Crippen LogP contribution in [0.1, 0.15) is 67.9 Å². The van der Waals surface area contributed by atoms with Crippen LogP contribution >= 0.6 is 0 Å². The van der Waals surface area contributed by atoms with Crippen molar-refractivity contribution in [2.45, 2.75) is 74.5 Å². The third-order valence-electron chi connectivity index (χ3n) is 8.09. The van der Waals surface area contributed by atoms with Crippen LogP contribution in [0, 0.1) is 5.82 Å². The largest absolute Gasteiger partial charge is 0.465 e. The van der Waals surface area contributed by atoms with Gasteiger partial charge in [0.25, 0.3) is 0 Å². The molecule has 1 aromatic rings. The van der Waals surface area contributed by atoms with Crippen molar-refractivity contribution in [2.24, 2.45) is 0 Å². The van der Waals surface area contributed by atoms with Gasteiger partial charge < -0.3 is 19.8 Å². The lowest BCUT2D eigenvalue weighted by Crippen LogP contribution is -2.63. The van der Waals surface area contributed by atoms with E-state index in [1.807, 2.05) is 6.07 Å². The second-order valence-electron chi connectivity index (χ2n) is 10.1. The minimum Gasteiger partial charge on any atom is -0.465 e. The number of amides is 1. The molecule has 5 rings (SSSR count). The van der Waals surface area contributed by atoms with E-state index in [1.165, 1.54) is 16.0 Å². The number of hydrogen-bond donors (Lipinski definition) is 2. The Hall–Kier alpha value is -1.70. The van der Waals surface area contributed by atoms with Crippen LogP contribution in [0.25, 0.3) is 0 Å². The van der Waals surface area contributed by atoms with E-state index in [-0.39, 0.29) is 17.5 Å². The number of hydrogen-bond acceptors (Lipinski definition) is 4. The summed E-state index contributed by atoms with van der Waals surface area (Å²) in [6.45, 7) is 3.58. The Morgan fingerprint density at radius 3 is 2.39 bits per heavy atom. The maximum absolute atomic E-state index is 14.2. The van der Waals surface area contributed by atoms with E-state index in [0.717, 1.165) is 58.0 Å². The lowest BCUT2D eigenvalue weighted by molar-refractivity contribution is -0.0982. The SMILES string of the molecule is O=C(O)N1CC2(C[C@H](N3CCC(c4cc(F)ccc4C4CCC(O)CC4)CC3)CO2)C1. The molecular formula is C24H33FN2O4. The number of ether oxygens (including phenoxy) is 1. The predicted octanol–water partition coefficient (Wildman–Crippen LogP) is 3.54. The second-order valence-corrected chi connectivity index (χ2v) is 10.1. The van der Waals surface area contributed by atoms with Gasteiger partial charge in [0.2, 0.25) is 0 Å². The lowest BCUT2D eigenvalue weighted by Gasteiger charge is -2.45. The molecule has 31 heavy (non-hydrogen) atoms. The van der Waals surface area contributed by atoms with Gasteiger partial charge in [0.15, 0.2) is 0 Å². The predicted molar refractivity (Wildman–Crippen MR) is 114 cm³/mol. The van der Waals surface area contributed by atoms with Crippen LogP contribution in [0.2, 0.25) is 0 Å². The fourth-order valence-corrected chi connectivity index (χ4v) is 6.29. The van der Waals surface area contributed by atoms with Crippen LogP contribution in [0.3, 0.4) is 0 Å². The maximum Gasteiger partial charge on any atom is 0.407 e. The van der Waals surface area contributed by atoms with E-state index in [1.54, 1.807) is 12.1 Å². The molecule has 1 amide bonds. The highest BCUT2D eigenvalue weighted by Crippen LogP contribution is 2.42. The van der Waals surface area contributed by atoms with Gasteiger partial charge in [0, 0.05) is 6.04 Å². The summed E-state index contributed by atoms with van der Waals surface area (Å²) in [7, 11) is 0. The fraction of sp³-hybridized carbons (Fsp3) is 0.708. The topological polar surface area (TPSA) is 73.2 Å². The first kappa shape index (κ1) is 21.2. The second kappa shape index (κ2) is 8.34. The van der Waals surface area contributed by atoms with E-state index in [0.29, 0.717) is 37.6 Å². The highest BCUT2D eigenvalue weighted by atomic mass is 19.1. The summed E-state index contributed by atoms with van der Waals surface area (Å²) in [6, 6.07) is 5.68. The van der Waals surface area contributed by atoms with E-state index in [2.05, 4.69) is 4.90 Å². The zero-order chi connectivity index (χ0) is 21.6. The van der Waals surface area contributed by atoms with Crippen LogP contribution in [0.5, 0.6) is 0 Å².